The van der Waals surface area contributed by atoms with E-state index in [0.29, 0.717) is 0 Å². The van der Waals surface area contributed by atoms with Crippen LogP contribution in [0.15, 0.2) is 60.7 Å². The molecule has 0 aliphatic heterocycles. The van der Waals surface area contributed by atoms with E-state index in [9.17, 15) is 13.6 Å². The standard InChI is InChI=1S/C21H19F2NO4/c1-26-19-13-15(9-10-18(19)28-21(22)23)20(25)24-11-12-27-17-8-4-6-14-5-2-3-7-16(14)17/h2-10,13,21H,11-12H2,1H3,(H,24,25). The average Bonchev–Trinajstić information content (AvgIpc) is 2.71. The lowest BCUT2D eigenvalue weighted by molar-refractivity contribution is -0.0512. The molecular formula is C21H19F2NO4. The molecule has 5 nitrogen and oxygen atoms in total. The highest BCUT2D eigenvalue weighted by atomic mass is 19.3. The second-order valence-electron chi connectivity index (χ2n) is 5.83. The van der Waals surface area contributed by atoms with E-state index < -0.39 is 6.61 Å². The third-order valence-electron chi connectivity index (χ3n) is 4.04. The van der Waals surface area contributed by atoms with Gasteiger partial charge in [0, 0.05) is 10.9 Å². The Labute approximate surface area is 160 Å². The van der Waals surface area contributed by atoms with E-state index in [1.807, 2.05) is 42.5 Å². The Bertz CT molecular complexity index is 957. The highest BCUT2D eigenvalue weighted by Gasteiger charge is 2.14. The van der Waals surface area contributed by atoms with Gasteiger partial charge < -0.3 is 19.5 Å². The first-order valence-electron chi connectivity index (χ1n) is 8.60. The first-order valence-corrected chi connectivity index (χ1v) is 8.60. The van der Waals surface area contributed by atoms with Gasteiger partial charge in [-0.25, -0.2) is 0 Å². The number of alkyl halides is 2. The fourth-order valence-electron chi connectivity index (χ4n) is 2.75. The van der Waals surface area contributed by atoms with Crippen molar-refractivity contribution >= 4 is 16.7 Å². The number of carbonyl (C=O) groups excluding carboxylic acids is 1. The fraction of sp³-hybridized carbons (Fsp3) is 0.190. The Morgan fingerprint density at radius 3 is 2.57 bits per heavy atom. The highest BCUT2D eigenvalue weighted by Crippen LogP contribution is 2.29. The summed E-state index contributed by atoms with van der Waals surface area (Å²) in [6.07, 6.45) is 0. The van der Waals surface area contributed by atoms with Crippen LogP contribution in [0.3, 0.4) is 0 Å². The van der Waals surface area contributed by atoms with Crippen molar-refractivity contribution in [1.29, 1.82) is 0 Å². The summed E-state index contributed by atoms with van der Waals surface area (Å²) < 4.78 is 39.8. The zero-order valence-electron chi connectivity index (χ0n) is 15.2. The van der Waals surface area contributed by atoms with Gasteiger partial charge in [0.05, 0.1) is 13.7 Å². The predicted octanol–water partition coefficient (Wildman–Crippen LogP) is 4.26. The topological polar surface area (TPSA) is 56.8 Å². The van der Waals surface area contributed by atoms with Crippen molar-refractivity contribution in [3.8, 4) is 17.2 Å². The van der Waals surface area contributed by atoms with E-state index in [1.165, 1.54) is 25.3 Å². The van der Waals surface area contributed by atoms with E-state index >= 15 is 0 Å². The summed E-state index contributed by atoms with van der Waals surface area (Å²) in [5, 5.41) is 4.79. The zero-order valence-corrected chi connectivity index (χ0v) is 15.2. The lowest BCUT2D eigenvalue weighted by atomic mass is 10.1. The van der Waals surface area contributed by atoms with Crippen molar-refractivity contribution < 1.29 is 27.8 Å². The van der Waals surface area contributed by atoms with Crippen LogP contribution in [-0.2, 0) is 0 Å². The quantitative estimate of drug-likeness (QED) is 0.587. The number of carbonyl (C=O) groups is 1. The molecule has 0 aliphatic rings. The van der Waals surface area contributed by atoms with Crippen LogP contribution in [0.1, 0.15) is 10.4 Å². The van der Waals surface area contributed by atoms with Crippen molar-refractivity contribution in [3.63, 3.8) is 0 Å². The Morgan fingerprint density at radius 1 is 1.00 bits per heavy atom. The molecule has 0 radical (unpaired) electrons. The van der Waals surface area contributed by atoms with Gasteiger partial charge in [-0.15, -0.1) is 0 Å². The molecule has 146 valence electrons. The number of benzene rings is 3. The van der Waals surface area contributed by atoms with Gasteiger partial charge in [0.25, 0.3) is 5.91 Å². The largest absolute Gasteiger partial charge is 0.493 e. The van der Waals surface area contributed by atoms with E-state index in [2.05, 4.69) is 10.1 Å². The lowest BCUT2D eigenvalue weighted by Gasteiger charge is -2.12. The van der Waals surface area contributed by atoms with Crippen LogP contribution in [-0.4, -0.2) is 32.8 Å². The molecule has 0 saturated heterocycles. The van der Waals surface area contributed by atoms with Gasteiger partial charge in [0.15, 0.2) is 11.5 Å². The molecule has 1 amide bonds. The minimum absolute atomic E-state index is 0.0555. The van der Waals surface area contributed by atoms with E-state index in [4.69, 9.17) is 9.47 Å². The van der Waals surface area contributed by atoms with Crippen molar-refractivity contribution in [3.05, 3.63) is 66.2 Å². The summed E-state index contributed by atoms with van der Waals surface area (Å²) >= 11 is 0. The van der Waals surface area contributed by atoms with Crippen LogP contribution in [0.5, 0.6) is 17.2 Å². The Kier molecular flexibility index (Phi) is 6.26. The molecule has 0 heterocycles. The van der Waals surface area contributed by atoms with Gasteiger partial charge in [-0.2, -0.15) is 8.78 Å². The molecule has 0 aromatic heterocycles. The Morgan fingerprint density at radius 2 is 1.79 bits per heavy atom. The molecule has 28 heavy (non-hydrogen) atoms. The van der Waals surface area contributed by atoms with Gasteiger partial charge >= 0.3 is 6.61 Å². The summed E-state index contributed by atoms with van der Waals surface area (Å²) in [6.45, 7) is -2.41. The minimum Gasteiger partial charge on any atom is -0.493 e. The number of methoxy groups -OCH3 is 1. The molecular weight excluding hydrogens is 368 g/mol. The Hall–Kier alpha value is -3.35. The summed E-state index contributed by atoms with van der Waals surface area (Å²) in [4.78, 5) is 12.3. The number of rotatable bonds is 8. The summed E-state index contributed by atoms with van der Waals surface area (Å²) in [7, 11) is 1.31. The van der Waals surface area contributed by atoms with Gasteiger partial charge in [-0.05, 0) is 29.7 Å². The maximum atomic E-state index is 12.4. The molecule has 1 N–H and O–H groups in total. The maximum absolute atomic E-state index is 12.4. The second kappa shape index (κ2) is 9.03. The number of halogens is 2. The first-order chi connectivity index (χ1) is 13.6. The molecule has 3 rings (SSSR count). The van der Waals surface area contributed by atoms with Gasteiger partial charge in [0.2, 0.25) is 0 Å². The van der Waals surface area contributed by atoms with E-state index in [-0.39, 0.29) is 36.1 Å². The smallest absolute Gasteiger partial charge is 0.387 e. The van der Waals surface area contributed by atoms with Gasteiger partial charge in [-0.3, -0.25) is 4.79 Å². The number of hydrogen-bond acceptors (Lipinski definition) is 4. The zero-order chi connectivity index (χ0) is 19.9. The van der Waals surface area contributed by atoms with E-state index in [0.717, 1.165) is 16.5 Å². The number of ether oxygens (including phenoxy) is 3. The third kappa shape index (κ3) is 4.68. The normalized spacial score (nSPS) is 10.7. The molecule has 0 saturated carbocycles. The molecule has 0 fully saturated rings. The van der Waals surface area contributed by atoms with Crippen LogP contribution in [0, 0.1) is 0 Å². The second-order valence-corrected chi connectivity index (χ2v) is 5.83. The minimum atomic E-state index is -2.97. The molecule has 7 heteroatoms. The molecule has 0 unspecified atom stereocenters. The predicted molar refractivity (Wildman–Crippen MR) is 101 cm³/mol. The van der Waals surface area contributed by atoms with Crippen molar-refractivity contribution in [2.75, 3.05) is 20.3 Å². The average molecular weight is 387 g/mol. The molecule has 3 aromatic rings. The highest BCUT2D eigenvalue weighted by molar-refractivity contribution is 5.95. The summed E-state index contributed by atoms with van der Waals surface area (Å²) in [6, 6.07) is 17.6. The Balaban J connectivity index is 1.57. The van der Waals surface area contributed by atoms with Crippen molar-refractivity contribution in [2.24, 2.45) is 0 Å². The van der Waals surface area contributed by atoms with Crippen molar-refractivity contribution in [1.82, 2.24) is 5.32 Å². The van der Waals surface area contributed by atoms with Crippen molar-refractivity contribution in [2.45, 2.75) is 6.61 Å². The van der Waals surface area contributed by atoms with Crippen LogP contribution >= 0.6 is 0 Å². The van der Waals surface area contributed by atoms with Gasteiger partial charge in [-0.1, -0.05) is 36.4 Å². The molecule has 0 atom stereocenters. The molecule has 0 spiro atoms. The number of amides is 1. The molecule has 0 aliphatic carbocycles. The monoisotopic (exact) mass is 387 g/mol. The summed E-state index contributed by atoms with van der Waals surface area (Å²) in [5.41, 5.74) is 0.267. The first kappa shape index (κ1) is 19.4. The van der Waals surface area contributed by atoms with Crippen LogP contribution < -0.4 is 19.5 Å². The molecule has 0 bridgehead atoms. The lowest BCUT2D eigenvalue weighted by Crippen LogP contribution is -2.28. The SMILES string of the molecule is COc1cc(C(=O)NCCOc2cccc3ccccc23)ccc1OC(F)F. The maximum Gasteiger partial charge on any atom is 0.387 e. The number of hydrogen-bond donors (Lipinski definition) is 1. The number of nitrogens with one attached hydrogen (secondary N) is 1. The third-order valence-corrected chi connectivity index (χ3v) is 4.04. The van der Waals surface area contributed by atoms with E-state index in [1.54, 1.807) is 0 Å². The summed E-state index contributed by atoms with van der Waals surface area (Å²) in [5.74, 6) is 0.291. The van der Waals surface area contributed by atoms with Crippen LogP contribution in [0.25, 0.3) is 10.8 Å². The number of fused-ring (bicyclic) bond motifs is 1. The van der Waals surface area contributed by atoms with Crippen LogP contribution in [0.4, 0.5) is 8.78 Å². The van der Waals surface area contributed by atoms with Gasteiger partial charge in [0.1, 0.15) is 12.4 Å². The fourth-order valence-corrected chi connectivity index (χ4v) is 2.75. The van der Waals surface area contributed by atoms with Crippen LogP contribution in [0.2, 0.25) is 0 Å². The molecule has 3 aromatic carbocycles.